The monoisotopic (exact) mass is 388 g/mol. The van der Waals surface area contributed by atoms with Crippen LogP contribution in [0.25, 0.3) is 22.2 Å². The van der Waals surface area contributed by atoms with Gasteiger partial charge in [-0.3, -0.25) is 14.6 Å². The van der Waals surface area contributed by atoms with Crippen molar-refractivity contribution in [3.05, 3.63) is 54.9 Å². The van der Waals surface area contributed by atoms with Crippen LogP contribution in [-0.2, 0) is 9.53 Å². The Morgan fingerprint density at radius 1 is 1.37 bits per heavy atom. The van der Waals surface area contributed by atoms with Crippen molar-refractivity contribution >= 4 is 41.1 Å². The molecule has 0 fully saturated rings. The molecule has 0 aliphatic heterocycles. The molecule has 0 aliphatic rings. The minimum Gasteiger partial charge on any atom is -0.388 e. The van der Waals surface area contributed by atoms with Crippen molar-refractivity contribution in [3.8, 4) is 11.3 Å². The van der Waals surface area contributed by atoms with Gasteiger partial charge in [0.05, 0.1) is 11.9 Å². The van der Waals surface area contributed by atoms with Crippen LogP contribution in [0.4, 0.5) is 9.57 Å². The van der Waals surface area contributed by atoms with E-state index in [-0.39, 0.29) is 23.9 Å². The van der Waals surface area contributed by atoms with Crippen molar-refractivity contribution in [2.45, 2.75) is 0 Å². The lowest BCUT2D eigenvalue weighted by Gasteiger charge is -2.06. The topological polar surface area (TPSA) is 86.1 Å². The summed E-state index contributed by atoms with van der Waals surface area (Å²) in [5.74, 6) is -0.319. The third-order valence-electron chi connectivity index (χ3n) is 3.35. The number of ether oxygens (including phenoxy) is 1. The van der Waals surface area contributed by atoms with Gasteiger partial charge < -0.3 is 10.1 Å². The highest BCUT2D eigenvalue weighted by Crippen LogP contribution is 2.27. The minimum absolute atomic E-state index is 0.102. The molecule has 1 N–H and O–H groups in total. The van der Waals surface area contributed by atoms with E-state index in [1.54, 1.807) is 38.5 Å². The molecule has 0 aliphatic carbocycles. The number of aldehydes is 1. The van der Waals surface area contributed by atoms with Crippen molar-refractivity contribution in [1.29, 1.82) is 0 Å². The highest BCUT2D eigenvalue weighted by atomic mass is 32.2. The average Bonchev–Trinajstić information content (AvgIpc) is 3.06. The predicted molar refractivity (Wildman–Crippen MR) is 104 cm³/mol. The number of amides is 1. The summed E-state index contributed by atoms with van der Waals surface area (Å²) in [7, 11) is 3.25. The van der Waals surface area contributed by atoms with E-state index in [1.807, 2.05) is 6.07 Å². The molecule has 2 aromatic heterocycles. The fourth-order valence-corrected chi connectivity index (χ4v) is 2.60. The van der Waals surface area contributed by atoms with Crippen LogP contribution in [-0.4, -0.2) is 40.6 Å². The highest BCUT2D eigenvalue weighted by molar-refractivity contribution is 7.92. The molecule has 9 heteroatoms. The molecule has 0 bridgehead atoms. The van der Waals surface area contributed by atoms with Crippen LogP contribution in [0.15, 0.2) is 49.2 Å². The summed E-state index contributed by atoms with van der Waals surface area (Å²) in [6.45, 7) is 3.40. The van der Waals surface area contributed by atoms with Crippen LogP contribution in [0.2, 0.25) is 0 Å². The zero-order chi connectivity index (χ0) is 19.8. The lowest BCUT2D eigenvalue weighted by molar-refractivity contribution is -0.111. The van der Waals surface area contributed by atoms with Crippen LogP contribution in [0.1, 0.15) is 10.5 Å². The number of aromatic nitrogens is 3. The van der Waals surface area contributed by atoms with Gasteiger partial charge in [0.25, 0.3) is 0 Å². The maximum Gasteiger partial charge on any atom is 0.247 e. The van der Waals surface area contributed by atoms with Gasteiger partial charge in [0.15, 0.2) is 18.6 Å². The number of nitrogens with zero attached hydrogens (tertiary/aromatic N) is 3. The molecule has 7 nitrogen and oxygen atoms in total. The number of halogens is 1. The van der Waals surface area contributed by atoms with E-state index in [1.165, 1.54) is 12.3 Å². The Labute approximate surface area is 159 Å². The SMILES string of the molecule is C=CC(=O)Nc1cccc(-c2cc3c(C=O)nn(SF)c3cn2)c1.COC. The summed E-state index contributed by atoms with van der Waals surface area (Å²) >= 11 is -0.102. The standard InChI is InChI=1S/C16H11FN4O2S.C2H6O/c1-2-16(23)19-11-5-3-4-10(6-11)13-7-12-14(9-22)20-21(24-17)15(12)8-18-13;1-3-2/h2-9H,1H2,(H,19,23);1-2H3. The van der Waals surface area contributed by atoms with Crippen LogP contribution >= 0.6 is 12.3 Å². The van der Waals surface area contributed by atoms with Gasteiger partial charge in [-0.1, -0.05) is 18.7 Å². The number of fused-ring (bicyclic) bond motifs is 1. The van der Waals surface area contributed by atoms with Crippen molar-refractivity contribution in [1.82, 2.24) is 14.2 Å². The summed E-state index contributed by atoms with van der Waals surface area (Å²) < 4.78 is 18.1. The van der Waals surface area contributed by atoms with Crippen LogP contribution in [0.3, 0.4) is 0 Å². The van der Waals surface area contributed by atoms with E-state index in [4.69, 9.17) is 0 Å². The first-order chi connectivity index (χ1) is 13.1. The Morgan fingerprint density at radius 2 is 2.11 bits per heavy atom. The summed E-state index contributed by atoms with van der Waals surface area (Å²) in [6, 6.07) is 8.71. The molecular weight excluding hydrogens is 371 g/mol. The summed E-state index contributed by atoms with van der Waals surface area (Å²) in [4.78, 5) is 26.8. The first kappa shape index (κ1) is 20.3. The Morgan fingerprint density at radius 3 is 2.74 bits per heavy atom. The molecule has 1 aromatic carbocycles. The third-order valence-corrected chi connectivity index (χ3v) is 3.76. The van der Waals surface area contributed by atoms with E-state index < -0.39 is 0 Å². The summed E-state index contributed by atoms with van der Waals surface area (Å²) in [6.07, 6.45) is 3.20. The Balaban J connectivity index is 0.000000817. The number of carbonyl (C=O) groups excluding carboxylic acids is 2. The number of methoxy groups -OCH3 is 1. The zero-order valence-electron chi connectivity index (χ0n) is 14.7. The zero-order valence-corrected chi connectivity index (χ0v) is 15.5. The first-order valence-corrected chi connectivity index (χ1v) is 8.32. The van der Waals surface area contributed by atoms with Gasteiger partial charge in [0.2, 0.25) is 5.91 Å². The molecule has 140 valence electrons. The van der Waals surface area contributed by atoms with Gasteiger partial charge in [-0.2, -0.15) is 9.19 Å². The quantitative estimate of drug-likeness (QED) is 0.530. The lowest BCUT2D eigenvalue weighted by Crippen LogP contribution is -2.07. The second-order valence-electron chi connectivity index (χ2n) is 5.21. The molecule has 0 spiro atoms. The largest absolute Gasteiger partial charge is 0.388 e. The maximum atomic E-state index is 12.9. The molecule has 2 heterocycles. The summed E-state index contributed by atoms with van der Waals surface area (Å²) in [5.41, 5.74) is 2.43. The van der Waals surface area contributed by atoms with Gasteiger partial charge in [-0.15, -0.1) is 3.89 Å². The van der Waals surface area contributed by atoms with Gasteiger partial charge in [0.1, 0.15) is 11.2 Å². The van der Waals surface area contributed by atoms with Gasteiger partial charge in [-0.05, 0) is 24.3 Å². The lowest BCUT2D eigenvalue weighted by atomic mass is 10.1. The molecule has 3 aromatic rings. The smallest absolute Gasteiger partial charge is 0.247 e. The average molecular weight is 388 g/mol. The first-order valence-electron chi connectivity index (χ1n) is 7.65. The number of pyridine rings is 1. The Kier molecular flexibility index (Phi) is 7.21. The number of hydrogen-bond donors (Lipinski definition) is 1. The molecule has 3 rings (SSSR count). The number of anilines is 1. The second kappa shape index (κ2) is 9.60. The van der Waals surface area contributed by atoms with Crippen molar-refractivity contribution in [2.24, 2.45) is 0 Å². The minimum atomic E-state index is -0.319. The van der Waals surface area contributed by atoms with E-state index >= 15 is 0 Å². The fourth-order valence-electron chi connectivity index (χ4n) is 2.26. The summed E-state index contributed by atoms with van der Waals surface area (Å²) in [5, 5.41) is 7.02. The van der Waals surface area contributed by atoms with E-state index in [9.17, 15) is 13.5 Å². The Hall–Kier alpha value is -3.04. The fraction of sp³-hybridized carbons (Fsp3) is 0.111. The van der Waals surface area contributed by atoms with Gasteiger partial charge in [-0.25, -0.2) is 0 Å². The molecular formula is C18H17FN4O3S. The molecule has 1 amide bonds. The molecule has 27 heavy (non-hydrogen) atoms. The van der Waals surface area contributed by atoms with Gasteiger partial charge >= 0.3 is 0 Å². The highest BCUT2D eigenvalue weighted by Gasteiger charge is 2.13. The number of benzene rings is 1. The van der Waals surface area contributed by atoms with Crippen LogP contribution < -0.4 is 5.32 Å². The molecule has 0 saturated heterocycles. The molecule has 0 unspecified atom stereocenters. The third kappa shape index (κ3) is 4.78. The Bertz CT molecular complexity index is 974. The van der Waals surface area contributed by atoms with Crippen molar-refractivity contribution in [3.63, 3.8) is 0 Å². The number of carbonyl (C=O) groups is 2. The van der Waals surface area contributed by atoms with E-state index in [0.717, 1.165) is 9.65 Å². The molecule has 0 atom stereocenters. The number of rotatable bonds is 5. The van der Waals surface area contributed by atoms with Crippen molar-refractivity contribution < 1.29 is 18.2 Å². The van der Waals surface area contributed by atoms with E-state index in [0.29, 0.717) is 28.6 Å². The molecule has 0 radical (unpaired) electrons. The number of nitrogens with one attached hydrogen (secondary N) is 1. The van der Waals surface area contributed by atoms with Crippen LogP contribution in [0, 0.1) is 0 Å². The predicted octanol–water partition coefficient (Wildman–Crippen LogP) is 3.68. The second-order valence-corrected chi connectivity index (χ2v) is 5.70. The molecule has 0 saturated carbocycles. The normalized spacial score (nSPS) is 10.0. The van der Waals surface area contributed by atoms with Gasteiger partial charge in [0, 0.05) is 30.9 Å². The van der Waals surface area contributed by atoms with Crippen molar-refractivity contribution in [2.75, 3.05) is 19.5 Å². The van der Waals surface area contributed by atoms with E-state index in [2.05, 4.69) is 26.7 Å². The number of hydrogen-bond acceptors (Lipinski definition) is 6. The maximum absolute atomic E-state index is 12.9. The van der Waals surface area contributed by atoms with Crippen LogP contribution in [0.5, 0.6) is 0 Å².